The molecule has 2 aliphatic carbocycles. The Kier molecular flexibility index (Phi) is 31.0. The van der Waals surface area contributed by atoms with Gasteiger partial charge in [-0.2, -0.15) is 0 Å². The first-order chi connectivity index (χ1) is 51.2. The maximum atomic E-state index is 12.4. The van der Waals surface area contributed by atoms with E-state index in [0.29, 0.717) is 60.7 Å². The maximum absolute atomic E-state index is 12.4. The number of nitrogens with one attached hydrogen (secondary N) is 1. The number of rotatable bonds is 20. The summed E-state index contributed by atoms with van der Waals surface area (Å²) in [6, 6.07) is 74.4. The fourth-order valence-corrected chi connectivity index (χ4v) is 15.4. The summed E-state index contributed by atoms with van der Waals surface area (Å²) in [7, 11) is 0. The standard InChI is InChI=1S/C24H30ClNO.C21H23NO3.C21H23NO2.C13H17NO.C11H11ClO2/c25-22-11-9-21(10-12-22)24(13-5-14-24)18-26-15-4-6-19(17-26)16-23(27)20-7-2-1-3-8-20;23-20(19-11-5-2-6-12-19)14-18-10-7-13-22(15-18)21(24)25-16-17-8-3-1-4-9-17;23-21(24-17-20-10-5-2-6-11-20)22-15-7-12-19(16-22)14-13-18-8-3-1-4-9-18;15-13(12-6-2-1-3-7-12)9-11-5-4-8-14-10-11;12-9-4-2-8(3-5-9)11(10(13)14)6-1-7-11/h1-3,7-12,19,23,27H,4-6,13-18H2;1-6,8-9,11-12,18H,7,10,13-16H2;1-6,8-11,13-14,19H,7,12,15-17H2;1-3,6-7,11,14H,4-5,8-10H2;2-5H,1,6-7H2,(H,13,14)/b;;14-13+;;/t;18-;19-;;/m.11../s1. The molecule has 2 saturated carbocycles. The van der Waals surface area contributed by atoms with Crippen molar-refractivity contribution in [1.29, 1.82) is 0 Å². The van der Waals surface area contributed by atoms with Gasteiger partial charge in [0.25, 0.3) is 0 Å². The van der Waals surface area contributed by atoms with Crippen molar-refractivity contribution in [1.82, 2.24) is 20.0 Å². The van der Waals surface area contributed by atoms with Gasteiger partial charge < -0.3 is 39.7 Å². The van der Waals surface area contributed by atoms with Gasteiger partial charge in [0.05, 0.1) is 11.5 Å². The van der Waals surface area contributed by atoms with E-state index in [1.54, 1.807) is 17.0 Å². The number of aliphatic hydroxyl groups excluding tert-OH is 1. The molecule has 14 rings (SSSR count). The highest BCUT2D eigenvalue weighted by molar-refractivity contribution is 6.30. The quantitative estimate of drug-likeness (QED) is 0.0622. The van der Waals surface area contributed by atoms with Crippen LogP contribution < -0.4 is 5.32 Å². The number of nitrogens with zero attached hydrogens (tertiary/aromatic N) is 3. The second-order valence-corrected chi connectivity index (χ2v) is 30.0. The van der Waals surface area contributed by atoms with Crippen LogP contribution in [0, 0.1) is 23.7 Å². The van der Waals surface area contributed by atoms with E-state index in [1.807, 2.05) is 199 Å². The summed E-state index contributed by atoms with van der Waals surface area (Å²) < 4.78 is 10.8. The molecule has 3 N–H and O–H groups in total. The van der Waals surface area contributed by atoms with Gasteiger partial charge in [-0.1, -0.05) is 254 Å². The summed E-state index contributed by atoms with van der Waals surface area (Å²) in [5.41, 5.74) is 7.83. The minimum Gasteiger partial charge on any atom is -0.481 e. The van der Waals surface area contributed by atoms with Crippen LogP contribution in [0.4, 0.5) is 9.59 Å². The Morgan fingerprint density at radius 3 is 1.47 bits per heavy atom. The first-order valence-corrected chi connectivity index (χ1v) is 38.7. The van der Waals surface area contributed by atoms with Gasteiger partial charge in [-0.05, 0) is 184 Å². The number of benzene rings is 8. The highest BCUT2D eigenvalue weighted by Gasteiger charge is 2.46. The molecule has 6 fully saturated rings. The number of aliphatic carboxylic acids is 1. The van der Waals surface area contributed by atoms with Crippen LogP contribution in [0.1, 0.15) is 169 Å². The van der Waals surface area contributed by atoms with Crippen molar-refractivity contribution < 1.29 is 43.7 Å². The smallest absolute Gasteiger partial charge is 0.410 e. The lowest BCUT2D eigenvalue weighted by molar-refractivity contribution is -0.147. The van der Waals surface area contributed by atoms with Gasteiger partial charge in [-0.3, -0.25) is 14.4 Å². The summed E-state index contributed by atoms with van der Waals surface area (Å²) in [5.74, 6) is 1.41. The first kappa shape index (κ1) is 78.9. The van der Waals surface area contributed by atoms with Crippen LogP contribution >= 0.6 is 23.2 Å². The maximum Gasteiger partial charge on any atom is 0.410 e. The molecule has 4 aliphatic heterocycles. The fourth-order valence-electron chi connectivity index (χ4n) is 15.2. The second-order valence-electron chi connectivity index (χ2n) is 29.1. The van der Waals surface area contributed by atoms with Gasteiger partial charge in [0, 0.05) is 78.7 Å². The molecule has 4 saturated heterocycles. The third-order valence-electron chi connectivity index (χ3n) is 21.5. The number of carbonyl (C=O) groups excluding carboxylic acids is 4. The van der Waals surface area contributed by atoms with Gasteiger partial charge in [0.2, 0.25) is 0 Å². The van der Waals surface area contributed by atoms with Crippen LogP contribution in [0.25, 0.3) is 6.08 Å². The molecule has 3 unspecified atom stereocenters. The van der Waals surface area contributed by atoms with Gasteiger partial charge in [-0.25, -0.2) is 9.59 Å². The number of hydrogen-bond donors (Lipinski definition) is 3. The van der Waals surface area contributed by atoms with Gasteiger partial charge in [0.15, 0.2) is 11.6 Å². The lowest BCUT2D eigenvalue weighted by Crippen LogP contribution is -2.48. The first-order valence-electron chi connectivity index (χ1n) is 37.9. The number of aliphatic hydroxyl groups is 1. The van der Waals surface area contributed by atoms with Crippen LogP contribution in [-0.2, 0) is 38.3 Å². The van der Waals surface area contributed by atoms with Crippen LogP contribution in [0.3, 0.4) is 0 Å². The Labute approximate surface area is 632 Å². The lowest BCUT2D eigenvalue weighted by atomic mass is 9.64. The van der Waals surface area contributed by atoms with E-state index in [9.17, 15) is 34.2 Å². The number of Topliss-reactive ketones (excluding diaryl/α,β-unsaturated/α-hetero) is 2. The minimum atomic E-state index is -0.717. The Bertz CT molecular complexity index is 3940. The van der Waals surface area contributed by atoms with Crippen molar-refractivity contribution in [2.75, 3.05) is 58.9 Å². The Morgan fingerprint density at radius 2 is 0.962 bits per heavy atom. The number of carboxylic acid groups (broad SMARTS) is 1. The van der Waals surface area contributed by atoms with Crippen molar-refractivity contribution in [3.05, 3.63) is 291 Å². The Morgan fingerprint density at radius 1 is 0.495 bits per heavy atom. The molecule has 0 spiro atoms. The van der Waals surface area contributed by atoms with E-state index >= 15 is 0 Å². The van der Waals surface area contributed by atoms with Gasteiger partial charge in [-0.15, -0.1) is 0 Å². The number of likely N-dealkylation sites (tertiary alicyclic amines) is 3. The topological polar surface area (TPSA) is 166 Å². The number of hydrogen-bond acceptors (Lipinski definition) is 10. The molecule has 0 aromatic heterocycles. The SMILES string of the molecule is O=C(CC1CCCNC1)c1ccccc1.O=C(C[C@H]1CCCN(C(=O)OCc2ccccc2)C1)c1ccccc1.O=C(O)C1(c2ccc(Cl)cc2)CCC1.O=C(OCc1ccccc1)N1CCC[C@H](/C=C/c2ccccc2)C1.OC(CC1CCCN(CC2(c3ccc(Cl)cc3)CCC2)C1)c1ccccc1. The molecule has 105 heavy (non-hydrogen) atoms. The lowest BCUT2D eigenvalue weighted by Gasteiger charge is -2.47. The highest BCUT2D eigenvalue weighted by Crippen LogP contribution is 2.46. The van der Waals surface area contributed by atoms with E-state index in [0.717, 1.165) is 129 Å². The van der Waals surface area contributed by atoms with E-state index in [4.69, 9.17) is 32.7 Å². The number of piperidine rings is 4. The van der Waals surface area contributed by atoms with Crippen molar-refractivity contribution >= 4 is 59.0 Å². The molecule has 552 valence electrons. The average Bonchev–Trinajstić information content (AvgIpc) is 0.778. The predicted octanol–water partition coefficient (Wildman–Crippen LogP) is 19.8. The average molecular weight is 1460 g/mol. The number of carboxylic acids is 1. The van der Waals surface area contributed by atoms with Crippen LogP contribution in [-0.4, -0.2) is 114 Å². The van der Waals surface area contributed by atoms with E-state index in [2.05, 4.69) is 46.6 Å². The van der Waals surface area contributed by atoms with E-state index < -0.39 is 11.4 Å². The third kappa shape index (κ3) is 24.7. The number of halogens is 2. The Hall–Kier alpha value is -8.69. The molecule has 15 heteroatoms. The minimum absolute atomic E-state index is 0.144. The van der Waals surface area contributed by atoms with Crippen LogP contribution in [0.15, 0.2) is 237 Å². The molecule has 2 amide bonds. The van der Waals surface area contributed by atoms with Crippen LogP contribution in [0.2, 0.25) is 10.0 Å². The zero-order valence-corrected chi connectivity index (χ0v) is 62.1. The van der Waals surface area contributed by atoms with E-state index in [-0.39, 0.29) is 42.4 Å². The second kappa shape index (κ2) is 41.3. The summed E-state index contributed by atoms with van der Waals surface area (Å²) in [4.78, 5) is 66.2. The zero-order chi connectivity index (χ0) is 73.5. The van der Waals surface area contributed by atoms with E-state index in [1.165, 1.54) is 62.6 Å². The molecule has 0 bridgehead atoms. The zero-order valence-electron chi connectivity index (χ0n) is 60.6. The summed E-state index contributed by atoms with van der Waals surface area (Å²) in [6.07, 6.45) is 20.8. The molecular weight excluding hydrogens is 1350 g/mol. The molecule has 4 heterocycles. The molecule has 13 nitrogen and oxygen atoms in total. The highest BCUT2D eigenvalue weighted by atomic mass is 35.5. The molecular formula is C90H104Cl2N4O9. The number of carbonyl (C=O) groups is 5. The summed E-state index contributed by atoms with van der Waals surface area (Å²) >= 11 is 11.9. The number of ketones is 2. The molecule has 8 aromatic rings. The third-order valence-corrected chi connectivity index (χ3v) is 22.0. The van der Waals surface area contributed by atoms with Crippen LogP contribution in [0.5, 0.6) is 0 Å². The van der Waals surface area contributed by atoms with Crippen molar-refractivity contribution in [2.45, 2.75) is 139 Å². The van der Waals surface area contributed by atoms with Crippen molar-refractivity contribution in [3.8, 4) is 0 Å². The van der Waals surface area contributed by atoms with Crippen molar-refractivity contribution in [3.63, 3.8) is 0 Å². The molecule has 0 radical (unpaired) electrons. The van der Waals surface area contributed by atoms with Crippen molar-refractivity contribution in [2.24, 2.45) is 23.7 Å². The predicted molar refractivity (Wildman–Crippen MR) is 420 cm³/mol. The molecule has 6 aliphatic rings. The normalized spacial score (nSPS) is 19.7. The number of ether oxygens (including phenoxy) is 2. The van der Waals surface area contributed by atoms with Gasteiger partial charge >= 0.3 is 18.2 Å². The summed E-state index contributed by atoms with van der Waals surface area (Å²) in [5, 5.41) is 24.6. The Balaban J connectivity index is 0.000000144. The molecule has 8 aromatic carbocycles. The fraction of sp³-hybridized carbons (Fsp3) is 0.389. The van der Waals surface area contributed by atoms with Gasteiger partial charge in [0.1, 0.15) is 13.2 Å². The summed E-state index contributed by atoms with van der Waals surface area (Å²) in [6.45, 7) is 8.97. The molecule has 5 atom stereocenters. The monoisotopic (exact) mass is 1450 g/mol. The largest absolute Gasteiger partial charge is 0.481 e. The number of amides is 2.